The average molecular weight is 344 g/mol. The van der Waals surface area contributed by atoms with E-state index in [-0.39, 0.29) is 23.1 Å². The Morgan fingerprint density at radius 3 is 2.29 bits per heavy atom. The van der Waals surface area contributed by atoms with Crippen LogP contribution < -0.4 is 10.6 Å². The Hall–Kier alpha value is -2.73. The van der Waals surface area contributed by atoms with Gasteiger partial charge in [0.05, 0.1) is 6.04 Å². The molecule has 0 radical (unpaired) electrons. The van der Waals surface area contributed by atoms with Crippen LogP contribution in [0.2, 0.25) is 5.28 Å². The summed E-state index contributed by atoms with van der Waals surface area (Å²) in [5, 5.41) is 6.23. The van der Waals surface area contributed by atoms with Crippen molar-refractivity contribution >= 4 is 29.2 Å². The molecule has 0 bridgehead atoms. The van der Waals surface area contributed by atoms with Crippen molar-refractivity contribution in [2.24, 2.45) is 0 Å². The molecule has 3 rings (SSSR count). The quantitative estimate of drug-likeness (QED) is 0.710. The van der Waals surface area contributed by atoms with Crippen LogP contribution in [-0.2, 0) is 0 Å². The van der Waals surface area contributed by atoms with E-state index in [4.69, 9.17) is 11.6 Å². The minimum absolute atomic E-state index is 0.00309. The molecule has 0 saturated carbocycles. The third-order valence-electron chi connectivity index (χ3n) is 3.35. The van der Waals surface area contributed by atoms with E-state index in [1.807, 2.05) is 37.3 Å². The molecular weight excluding hydrogens is 329 g/mol. The van der Waals surface area contributed by atoms with Crippen molar-refractivity contribution in [2.75, 3.05) is 10.6 Å². The van der Waals surface area contributed by atoms with Gasteiger partial charge in [-0.1, -0.05) is 30.3 Å². The Balaban J connectivity index is 1.77. The van der Waals surface area contributed by atoms with E-state index in [2.05, 4.69) is 25.6 Å². The fourth-order valence-corrected chi connectivity index (χ4v) is 2.31. The number of hydrogen-bond acceptors (Lipinski definition) is 5. The van der Waals surface area contributed by atoms with Crippen LogP contribution in [0.25, 0.3) is 0 Å². The SMILES string of the molecule is C[C@H](Nc1nc(Cl)nc(Nc2ccc(F)cc2)n1)c1ccccc1. The number of nitrogens with zero attached hydrogens (tertiary/aromatic N) is 3. The van der Waals surface area contributed by atoms with Crippen LogP contribution >= 0.6 is 11.6 Å². The average Bonchev–Trinajstić information content (AvgIpc) is 2.57. The number of benzene rings is 2. The predicted molar refractivity (Wildman–Crippen MR) is 93.0 cm³/mol. The first-order valence-corrected chi connectivity index (χ1v) is 7.73. The van der Waals surface area contributed by atoms with E-state index in [1.165, 1.54) is 12.1 Å². The molecule has 0 aliphatic heterocycles. The van der Waals surface area contributed by atoms with Gasteiger partial charge in [-0.3, -0.25) is 0 Å². The number of anilines is 3. The molecule has 1 heterocycles. The smallest absolute Gasteiger partial charge is 0.233 e. The summed E-state index contributed by atoms with van der Waals surface area (Å²) in [6.45, 7) is 2.00. The van der Waals surface area contributed by atoms with Gasteiger partial charge in [0.2, 0.25) is 17.2 Å². The molecule has 1 atom stereocenters. The van der Waals surface area contributed by atoms with E-state index < -0.39 is 0 Å². The van der Waals surface area contributed by atoms with Gasteiger partial charge in [0, 0.05) is 5.69 Å². The lowest BCUT2D eigenvalue weighted by atomic mass is 10.1. The standard InChI is InChI=1S/C17H15ClFN5/c1-11(12-5-3-2-4-6-12)20-16-22-15(18)23-17(24-16)21-14-9-7-13(19)8-10-14/h2-11H,1H3,(H2,20,21,22,23,24)/t11-/m0/s1. The van der Waals surface area contributed by atoms with Crippen LogP contribution in [0.15, 0.2) is 54.6 Å². The van der Waals surface area contributed by atoms with Crippen molar-refractivity contribution in [3.63, 3.8) is 0 Å². The molecule has 3 aromatic rings. The third-order valence-corrected chi connectivity index (χ3v) is 3.52. The summed E-state index contributed by atoms with van der Waals surface area (Å²) >= 11 is 5.97. The topological polar surface area (TPSA) is 62.7 Å². The highest BCUT2D eigenvalue weighted by Gasteiger charge is 2.10. The van der Waals surface area contributed by atoms with E-state index >= 15 is 0 Å². The molecule has 0 unspecified atom stereocenters. The normalized spacial score (nSPS) is 11.8. The van der Waals surface area contributed by atoms with Crippen molar-refractivity contribution < 1.29 is 4.39 Å². The Kier molecular flexibility index (Phi) is 4.86. The highest BCUT2D eigenvalue weighted by molar-refractivity contribution is 6.28. The number of nitrogens with one attached hydrogen (secondary N) is 2. The van der Waals surface area contributed by atoms with E-state index in [0.29, 0.717) is 11.6 Å². The summed E-state index contributed by atoms with van der Waals surface area (Å²) in [6, 6.07) is 15.8. The van der Waals surface area contributed by atoms with E-state index in [0.717, 1.165) is 5.56 Å². The number of halogens is 2. The second kappa shape index (κ2) is 7.23. The van der Waals surface area contributed by atoms with Crippen LogP contribution in [0.1, 0.15) is 18.5 Å². The van der Waals surface area contributed by atoms with Crippen LogP contribution in [0.4, 0.5) is 22.0 Å². The summed E-state index contributed by atoms with van der Waals surface area (Å²) in [4.78, 5) is 12.4. The molecule has 5 nitrogen and oxygen atoms in total. The van der Waals surface area contributed by atoms with Gasteiger partial charge in [-0.15, -0.1) is 0 Å². The fourth-order valence-electron chi connectivity index (χ4n) is 2.15. The maximum absolute atomic E-state index is 13.0. The van der Waals surface area contributed by atoms with Crippen molar-refractivity contribution in [3.05, 3.63) is 71.3 Å². The molecule has 2 aromatic carbocycles. The zero-order chi connectivity index (χ0) is 16.9. The molecule has 7 heteroatoms. The van der Waals surface area contributed by atoms with Gasteiger partial charge in [0.1, 0.15) is 5.82 Å². The van der Waals surface area contributed by atoms with Gasteiger partial charge in [0.25, 0.3) is 0 Å². The molecule has 0 spiro atoms. The molecule has 24 heavy (non-hydrogen) atoms. The van der Waals surface area contributed by atoms with Gasteiger partial charge in [-0.25, -0.2) is 4.39 Å². The van der Waals surface area contributed by atoms with Gasteiger partial charge in [0.15, 0.2) is 0 Å². The van der Waals surface area contributed by atoms with Crippen LogP contribution in [0, 0.1) is 5.82 Å². The number of rotatable bonds is 5. The highest BCUT2D eigenvalue weighted by atomic mass is 35.5. The monoisotopic (exact) mass is 343 g/mol. The maximum Gasteiger partial charge on any atom is 0.233 e. The van der Waals surface area contributed by atoms with Gasteiger partial charge in [-0.05, 0) is 48.4 Å². The fraction of sp³-hybridized carbons (Fsp3) is 0.118. The highest BCUT2D eigenvalue weighted by Crippen LogP contribution is 2.20. The first-order valence-electron chi connectivity index (χ1n) is 7.36. The lowest BCUT2D eigenvalue weighted by molar-refractivity contribution is 0.628. The first-order chi connectivity index (χ1) is 11.6. The molecule has 0 aliphatic rings. The van der Waals surface area contributed by atoms with Crippen molar-refractivity contribution in [1.29, 1.82) is 0 Å². The zero-order valence-corrected chi connectivity index (χ0v) is 13.6. The number of aromatic nitrogens is 3. The molecule has 2 N–H and O–H groups in total. The Labute approximate surface area is 144 Å². The summed E-state index contributed by atoms with van der Waals surface area (Å²) < 4.78 is 13.0. The zero-order valence-electron chi connectivity index (χ0n) is 12.9. The molecule has 1 aromatic heterocycles. The molecular formula is C17H15ClFN5. The Morgan fingerprint density at radius 2 is 1.58 bits per heavy atom. The van der Waals surface area contributed by atoms with Crippen LogP contribution in [-0.4, -0.2) is 15.0 Å². The summed E-state index contributed by atoms with van der Waals surface area (Å²) in [5.41, 5.74) is 1.75. The molecule has 122 valence electrons. The van der Waals surface area contributed by atoms with Crippen molar-refractivity contribution in [2.45, 2.75) is 13.0 Å². The molecule has 0 amide bonds. The molecule has 0 aliphatic carbocycles. The lowest BCUT2D eigenvalue weighted by Gasteiger charge is -2.14. The third kappa shape index (κ3) is 4.17. The van der Waals surface area contributed by atoms with Crippen molar-refractivity contribution in [3.8, 4) is 0 Å². The summed E-state index contributed by atoms with van der Waals surface area (Å²) in [5.74, 6) is 0.327. The van der Waals surface area contributed by atoms with E-state index in [1.54, 1.807) is 12.1 Å². The Bertz CT molecular complexity index is 811. The maximum atomic E-state index is 13.0. The number of hydrogen-bond donors (Lipinski definition) is 2. The summed E-state index contributed by atoms with van der Waals surface area (Å²) in [7, 11) is 0. The second-order valence-corrected chi connectivity index (χ2v) is 5.50. The van der Waals surface area contributed by atoms with Gasteiger partial charge >= 0.3 is 0 Å². The minimum atomic E-state index is -0.312. The predicted octanol–water partition coefficient (Wildman–Crippen LogP) is 4.58. The van der Waals surface area contributed by atoms with Gasteiger partial charge < -0.3 is 10.6 Å². The van der Waals surface area contributed by atoms with Crippen molar-refractivity contribution in [1.82, 2.24) is 15.0 Å². The van der Waals surface area contributed by atoms with Gasteiger partial charge in [-0.2, -0.15) is 15.0 Å². The minimum Gasteiger partial charge on any atom is -0.348 e. The Morgan fingerprint density at radius 1 is 0.917 bits per heavy atom. The van der Waals surface area contributed by atoms with Crippen LogP contribution in [0.5, 0.6) is 0 Å². The second-order valence-electron chi connectivity index (χ2n) is 5.16. The molecule has 0 saturated heterocycles. The summed E-state index contributed by atoms with van der Waals surface area (Å²) in [6.07, 6.45) is 0. The first kappa shape index (κ1) is 16.1. The molecule has 0 fully saturated rings. The van der Waals surface area contributed by atoms with E-state index in [9.17, 15) is 4.39 Å². The lowest BCUT2D eigenvalue weighted by Crippen LogP contribution is -2.11. The largest absolute Gasteiger partial charge is 0.348 e. The van der Waals surface area contributed by atoms with Crippen LogP contribution in [0.3, 0.4) is 0 Å².